The van der Waals surface area contributed by atoms with Gasteiger partial charge in [0.1, 0.15) is 5.39 Å². The zero-order valence-corrected chi connectivity index (χ0v) is 19.0. The predicted octanol–water partition coefficient (Wildman–Crippen LogP) is 4.33. The highest BCUT2D eigenvalue weighted by atomic mass is 79.9. The van der Waals surface area contributed by atoms with Gasteiger partial charge in [0.05, 0.1) is 17.9 Å². The predicted molar refractivity (Wildman–Crippen MR) is 125 cm³/mol. The van der Waals surface area contributed by atoms with Crippen molar-refractivity contribution in [2.45, 2.75) is 24.5 Å². The first-order chi connectivity index (χ1) is 15.0. The number of benzene rings is 2. The second kappa shape index (κ2) is 7.97. The number of amides is 1. The van der Waals surface area contributed by atoms with E-state index in [2.05, 4.69) is 26.3 Å². The molecule has 31 heavy (non-hydrogen) atoms. The van der Waals surface area contributed by atoms with E-state index in [-0.39, 0.29) is 23.9 Å². The van der Waals surface area contributed by atoms with E-state index in [4.69, 9.17) is 4.98 Å². The molecule has 1 aliphatic rings. The van der Waals surface area contributed by atoms with Gasteiger partial charge in [-0.2, -0.15) is 5.10 Å². The summed E-state index contributed by atoms with van der Waals surface area (Å²) in [7, 11) is 0. The summed E-state index contributed by atoms with van der Waals surface area (Å²) in [4.78, 5) is 30.6. The Morgan fingerprint density at radius 2 is 2.10 bits per heavy atom. The van der Waals surface area contributed by atoms with E-state index in [0.29, 0.717) is 27.6 Å². The highest BCUT2D eigenvalue weighted by molar-refractivity contribution is 9.10. The van der Waals surface area contributed by atoms with Crippen LogP contribution in [0.5, 0.6) is 0 Å². The van der Waals surface area contributed by atoms with Gasteiger partial charge in [0.15, 0.2) is 10.8 Å². The molecule has 1 unspecified atom stereocenters. The number of halogens is 1. The van der Waals surface area contributed by atoms with E-state index < -0.39 is 0 Å². The lowest BCUT2D eigenvalue weighted by atomic mass is 10.2. The lowest BCUT2D eigenvalue weighted by molar-refractivity contribution is -0.116. The molecule has 0 saturated heterocycles. The monoisotopic (exact) mass is 495 g/mol. The van der Waals surface area contributed by atoms with Crippen molar-refractivity contribution in [3.8, 4) is 5.69 Å². The lowest BCUT2D eigenvalue weighted by Gasteiger charge is -2.13. The summed E-state index contributed by atoms with van der Waals surface area (Å²) in [6.45, 7) is 2.01. The summed E-state index contributed by atoms with van der Waals surface area (Å²) >= 11 is 4.89. The average Bonchev–Trinajstić information content (AvgIpc) is 3.33. The van der Waals surface area contributed by atoms with Gasteiger partial charge in [0.25, 0.3) is 5.56 Å². The van der Waals surface area contributed by atoms with E-state index in [1.54, 1.807) is 15.4 Å². The van der Waals surface area contributed by atoms with Crippen molar-refractivity contribution in [2.75, 3.05) is 11.1 Å². The van der Waals surface area contributed by atoms with Gasteiger partial charge in [-0.05, 0) is 42.8 Å². The van der Waals surface area contributed by atoms with Crippen molar-refractivity contribution >= 4 is 50.3 Å². The van der Waals surface area contributed by atoms with Crippen molar-refractivity contribution in [3.05, 3.63) is 75.1 Å². The number of anilines is 1. The normalized spacial score (nSPS) is 15.2. The molecule has 1 aliphatic heterocycles. The largest absolute Gasteiger partial charge is 0.326 e. The number of aryl methyl sites for hydroxylation is 1. The number of fused-ring (bicyclic) bond motifs is 2. The summed E-state index contributed by atoms with van der Waals surface area (Å²) in [5.41, 5.74) is 3.05. The second-order valence-corrected chi connectivity index (χ2v) is 9.33. The minimum Gasteiger partial charge on any atom is -0.326 e. The maximum absolute atomic E-state index is 13.2. The third-order valence-electron chi connectivity index (χ3n) is 5.15. The third-order valence-corrected chi connectivity index (χ3v) is 6.74. The highest BCUT2D eigenvalue weighted by Crippen LogP contribution is 2.33. The highest BCUT2D eigenvalue weighted by Gasteiger charge is 2.29. The molecule has 1 atom stereocenters. The Labute approximate surface area is 190 Å². The van der Waals surface area contributed by atoms with Crippen LogP contribution >= 0.6 is 27.7 Å². The van der Waals surface area contributed by atoms with Crippen LogP contribution in [0.1, 0.15) is 18.0 Å². The van der Waals surface area contributed by atoms with Gasteiger partial charge in [-0.1, -0.05) is 45.9 Å². The van der Waals surface area contributed by atoms with Gasteiger partial charge in [-0.25, -0.2) is 9.67 Å². The molecule has 3 heterocycles. The minimum absolute atomic E-state index is 0.140. The molecule has 0 fully saturated rings. The summed E-state index contributed by atoms with van der Waals surface area (Å²) < 4.78 is 4.22. The number of hydrogen-bond acceptors (Lipinski definition) is 5. The number of nitrogens with one attached hydrogen (secondary N) is 1. The third kappa shape index (κ3) is 3.79. The van der Waals surface area contributed by atoms with Crippen LogP contribution in [0.3, 0.4) is 0 Å². The Balaban J connectivity index is 1.45. The first kappa shape index (κ1) is 20.0. The van der Waals surface area contributed by atoms with E-state index in [1.807, 2.05) is 55.5 Å². The first-order valence-electron chi connectivity index (χ1n) is 9.75. The van der Waals surface area contributed by atoms with Crippen LogP contribution in [0, 0.1) is 6.92 Å². The quantitative estimate of drug-likeness (QED) is 0.426. The minimum atomic E-state index is -0.251. The van der Waals surface area contributed by atoms with Crippen molar-refractivity contribution in [2.24, 2.45) is 0 Å². The summed E-state index contributed by atoms with van der Waals surface area (Å²) in [6.07, 6.45) is 1.76. The number of nitrogens with zero attached hydrogens (tertiary/aromatic N) is 4. The van der Waals surface area contributed by atoms with Crippen LogP contribution in [0.25, 0.3) is 16.7 Å². The molecule has 1 N–H and O–H groups in total. The molecule has 4 aromatic rings. The van der Waals surface area contributed by atoms with Crippen LogP contribution in [0.2, 0.25) is 0 Å². The summed E-state index contributed by atoms with van der Waals surface area (Å²) in [5, 5.41) is 8.37. The number of carbonyl (C=O) groups excluding carboxylic acids is 1. The average molecular weight is 496 g/mol. The Morgan fingerprint density at radius 3 is 2.90 bits per heavy atom. The fourth-order valence-corrected chi connectivity index (χ4v) is 5.25. The molecule has 156 valence electrons. The van der Waals surface area contributed by atoms with Gasteiger partial charge in [0, 0.05) is 22.3 Å². The Kier molecular flexibility index (Phi) is 5.15. The summed E-state index contributed by atoms with van der Waals surface area (Å²) in [6, 6.07) is 15.1. The van der Waals surface area contributed by atoms with E-state index >= 15 is 0 Å². The van der Waals surface area contributed by atoms with E-state index in [0.717, 1.165) is 15.7 Å². The molecule has 2 aromatic carbocycles. The molecular formula is C22H18BrN5O2S. The van der Waals surface area contributed by atoms with Crippen LogP contribution < -0.4 is 10.9 Å². The van der Waals surface area contributed by atoms with Crippen LogP contribution in [0.15, 0.2) is 69.2 Å². The molecule has 5 rings (SSSR count). The topological polar surface area (TPSA) is 81.8 Å². The number of carbonyl (C=O) groups is 1. The zero-order valence-electron chi connectivity index (χ0n) is 16.6. The molecule has 0 aliphatic carbocycles. The maximum atomic E-state index is 13.2. The molecule has 9 heteroatoms. The maximum Gasteiger partial charge on any atom is 0.265 e. The van der Waals surface area contributed by atoms with Crippen LogP contribution in [0.4, 0.5) is 5.69 Å². The molecular weight excluding hydrogens is 478 g/mol. The molecule has 7 nitrogen and oxygen atoms in total. The number of aromatic nitrogens is 4. The molecule has 0 bridgehead atoms. The smallest absolute Gasteiger partial charge is 0.265 e. The fourth-order valence-electron chi connectivity index (χ4n) is 3.72. The van der Waals surface area contributed by atoms with Crippen molar-refractivity contribution in [1.29, 1.82) is 0 Å². The van der Waals surface area contributed by atoms with Gasteiger partial charge < -0.3 is 5.32 Å². The van der Waals surface area contributed by atoms with Crippen LogP contribution in [-0.4, -0.2) is 31.0 Å². The lowest BCUT2D eigenvalue weighted by Crippen LogP contribution is -2.27. The van der Waals surface area contributed by atoms with Gasteiger partial charge in [0.2, 0.25) is 5.91 Å². The molecule has 0 saturated carbocycles. The Hall–Kier alpha value is -2.91. The second-order valence-electron chi connectivity index (χ2n) is 7.43. The summed E-state index contributed by atoms with van der Waals surface area (Å²) in [5.74, 6) is 0.484. The Bertz CT molecular complexity index is 1380. The van der Waals surface area contributed by atoms with Gasteiger partial charge in [-0.15, -0.1) is 0 Å². The molecule has 0 radical (unpaired) electrons. The Morgan fingerprint density at radius 1 is 1.26 bits per heavy atom. The standard InChI is InChI=1S/C22H18BrN5O2S/c1-13-4-2-7-16(8-13)28-20-18(11-24-28)21(30)27-17(12-31-22(27)26-20)10-19(29)25-15-6-3-5-14(23)9-15/h2-9,11,17H,10,12H2,1H3,(H,25,29). The SMILES string of the molecule is Cc1cccc(-n2ncc3c(=O)n4c(nc32)SCC4CC(=O)Nc2cccc(Br)c2)c1. The number of thioether (sulfide) groups is 1. The number of hydrogen-bond donors (Lipinski definition) is 1. The van der Waals surface area contributed by atoms with E-state index in [9.17, 15) is 9.59 Å². The first-order valence-corrected chi connectivity index (χ1v) is 11.5. The molecule has 1 amide bonds. The van der Waals surface area contributed by atoms with Crippen molar-refractivity contribution in [1.82, 2.24) is 19.3 Å². The number of rotatable bonds is 4. The molecule has 0 spiro atoms. The zero-order chi connectivity index (χ0) is 21.5. The molecule has 2 aromatic heterocycles. The van der Waals surface area contributed by atoms with E-state index in [1.165, 1.54) is 11.8 Å². The van der Waals surface area contributed by atoms with Crippen molar-refractivity contribution < 1.29 is 4.79 Å². The van der Waals surface area contributed by atoms with Crippen LogP contribution in [-0.2, 0) is 4.79 Å². The van der Waals surface area contributed by atoms with Gasteiger partial charge >= 0.3 is 0 Å². The van der Waals surface area contributed by atoms with Crippen molar-refractivity contribution in [3.63, 3.8) is 0 Å². The van der Waals surface area contributed by atoms with Gasteiger partial charge in [-0.3, -0.25) is 14.2 Å². The fraction of sp³-hybridized carbons (Fsp3) is 0.182.